The fraction of sp³-hybridized carbons (Fsp3) is 0.368. The van der Waals surface area contributed by atoms with Crippen LogP contribution in [0.1, 0.15) is 16.7 Å². The van der Waals surface area contributed by atoms with Gasteiger partial charge in [-0.3, -0.25) is 0 Å². The molecule has 4 heteroatoms. The van der Waals surface area contributed by atoms with Gasteiger partial charge in [-0.15, -0.1) is 0 Å². The van der Waals surface area contributed by atoms with E-state index in [0.717, 1.165) is 48.0 Å². The van der Waals surface area contributed by atoms with Crippen LogP contribution in [0.3, 0.4) is 0 Å². The summed E-state index contributed by atoms with van der Waals surface area (Å²) in [5, 5.41) is 0. The number of nitrogens with zero attached hydrogens (tertiary/aromatic N) is 1. The van der Waals surface area contributed by atoms with Crippen molar-refractivity contribution in [2.45, 2.75) is 19.9 Å². The lowest BCUT2D eigenvalue weighted by Gasteiger charge is -2.32. The number of aryl methyl sites for hydroxylation is 1. The second-order valence-electron chi connectivity index (χ2n) is 5.72. The van der Waals surface area contributed by atoms with Crippen molar-refractivity contribution in [1.29, 1.82) is 0 Å². The van der Waals surface area contributed by atoms with E-state index < -0.39 is 0 Å². The summed E-state index contributed by atoms with van der Waals surface area (Å²) in [5.41, 5.74) is 4.73. The summed E-state index contributed by atoms with van der Waals surface area (Å²) in [6, 6.07) is 11.5. The molecule has 2 aromatic carbocycles. The lowest BCUT2D eigenvalue weighted by molar-refractivity contribution is 0.353. The first-order valence-electron chi connectivity index (χ1n) is 7.71. The predicted molar refractivity (Wildman–Crippen MR) is 90.9 cm³/mol. The number of anilines is 1. The number of hydrogen-bond acceptors (Lipinski definition) is 4. The highest BCUT2D eigenvalue weighted by Crippen LogP contribution is 2.36. The molecule has 0 amide bonds. The van der Waals surface area contributed by atoms with Gasteiger partial charge in [-0.05, 0) is 60.4 Å². The van der Waals surface area contributed by atoms with Crippen molar-refractivity contribution in [1.82, 2.24) is 0 Å². The topological polar surface area (TPSA) is 30.9 Å². The molecule has 1 aliphatic heterocycles. The van der Waals surface area contributed by atoms with Crippen molar-refractivity contribution in [3.8, 4) is 17.2 Å². The van der Waals surface area contributed by atoms with Crippen LogP contribution in [0, 0.1) is 13.0 Å². The molecule has 1 radical (unpaired) electrons. The lowest BCUT2D eigenvalue weighted by atomic mass is 9.98. The summed E-state index contributed by atoms with van der Waals surface area (Å²) in [6.45, 7) is 3.79. The van der Waals surface area contributed by atoms with Crippen LogP contribution in [-0.4, -0.2) is 27.9 Å². The third-order valence-electron chi connectivity index (χ3n) is 4.32. The highest BCUT2D eigenvalue weighted by molar-refractivity contribution is 5.61. The van der Waals surface area contributed by atoms with Gasteiger partial charge in [0.05, 0.1) is 27.0 Å². The predicted octanol–water partition coefficient (Wildman–Crippen LogP) is 3.38. The molecule has 0 fully saturated rings. The molecule has 0 aliphatic carbocycles. The minimum absolute atomic E-state index is 0.774. The molecule has 0 N–H and O–H groups in total. The number of rotatable bonds is 4. The summed E-state index contributed by atoms with van der Waals surface area (Å²) in [4.78, 5) is 2.32. The first-order valence-corrected chi connectivity index (χ1v) is 7.71. The van der Waals surface area contributed by atoms with Crippen LogP contribution < -0.4 is 19.1 Å². The molecule has 1 aliphatic rings. The Labute approximate surface area is 137 Å². The minimum Gasteiger partial charge on any atom is -0.495 e. The monoisotopic (exact) mass is 312 g/mol. The molecule has 0 aromatic heterocycles. The Kier molecular flexibility index (Phi) is 4.33. The lowest BCUT2D eigenvalue weighted by Crippen LogP contribution is -2.30. The Morgan fingerprint density at radius 2 is 1.57 bits per heavy atom. The van der Waals surface area contributed by atoms with Gasteiger partial charge in [0.15, 0.2) is 11.5 Å². The van der Waals surface area contributed by atoms with Gasteiger partial charge in [0.1, 0.15) is 5.75 Å². The van der Waals surface area contributed by atoms with Gasteiger partial charge in [-0.1, -0.05) is 0 Å². The number of methoxy groups -OCH3 is 3. The van der Waals surface area contributed by atoms with Crippen LogP contribution in [0.2, 0.25) is 0 Å². The van der Waals surface area contributed by atoms with Crippen molar-refractivity contribution >= 4 is 5.69 Å². The third-order valence-corrected chi connectivity index (χ3v) is 4.32. The molecule has 4 nitrogen and oxygen atoms in total. The molecule has 3 rings (SSSR count). The Morgan fingerprint density at radius 3 is 2.22 bits per heavy atom. The van der Waals surface area contributed by atoms with Crippen LogP contribution >= 0.6 is 0 Å². The highest BCUT2D eigenvalue weighted by Gasteiger charge is 2.21. The highest BCUT2D eigenvalue weighted by atomic mass is 16.5. The first kappa shape index (κ1) is 15.5. The SMILES string of the molecule is COc1cc2c(cc1OC)CN(c1c[c]c(C)cc1OC)CC2. The first-order chi connectivity index (χ1) is 11.2. The molecule has 0 saturated heterocycles. The van der Waals surface area contributed by atoms with E-state index in [0.29, 0.717) is 0 Å². The zero-order chi connectivity index (χ0) is 16.4. The van der Waals surface area contributed by atoms with Gasteiger partial charge in [-0.2, -0.15) is 0 Å². The average molecular weight is 312 g/mol. The largest absolute Gasteiger partial charge is 0.495 e. The molecule has 0 atom stereocenters. The van der Waals surface area contributed by atoms with Crippen molar-refractivity contribution in [3.05, 3.63) is 47.0 Å². The van der Waals surface area contributed by atoms with Crippen LogP contribution in [0.5, 0.6) is 17.2 Å². The maximum atomic E-state index is 5.54. The van der Waals surface area contributed by atoms with Crippen LogP contribution in [0.4, 0.5) is 5.69 Å². The van der Waals surface area contributed by atoms with E-state index in [1.807, 2.05) is 19.1 Å². The second-order valence-corrected chi connectivity index (χ2v) is 5.72. The molecule has 0 bridgehead atoms. The zero-order valence-electron chi connectivity index (χ0n) is 14.1. The van der Waals surface area contributed by atoms with E-state index in [-0.39, 0.29) is 0 Å². The summed E-state index contributed by atoms with van der Waals surface area (Å²) in [6.07, 6.45) is 0.965. The Morgan fingerprint density at radius 1 is 0.913 bits per heavy atom. The summed E-state index contributed by atoms with van der Waals surface area (Å²) >= 11 is 0. The van der Waals surface area contributed by atoms with Gasteiger partial charge in [0.25, 0.3) is 0 Å². The van der Waals surface area contributed by atoms with Gasteiger partial charge in [0.2, 0.25) is 0 Å². The smallest absolute Gasteiger partial charge is 0.161 e. The summed E-state index contributed by atoms with van der Waals surface area (Å²) < 4.78 is 16.4. The quantitative estimate of drug-likeness (QED) is 0.866. The molecule has 2 aromatic rings. The summed E-state index contributed by atoms with van der Waals surface area (Å²) in [7, 11) is 5.05. The fourth-order valence-corrected chi connectivity index (χ4v) is 3.07. The average Bonchev–Trinajstić information content (AvgIpc) is 2.59. The molecular formula is C19H22NO3. The molecule has 0 saturated carbocycles. The molecule has 0 unspecified atom stereocenters. The maximum Gasteiger partial charge on any atom is 0.161 e. The van der Waals surface area contributed by atoms with Crippen LogP contribution in [-0.2, 0) is 13.0 Å². The van der Waals surface area contributed by atoms with Crippen LogP contribution in [0.25, 0.3) is 0 Å². The third kappa shape index (κ3) is 2.93. The second kappa shape index (κ2) is 6.41. The summed E-state index contributed by atoms with van der Waals surface area (Å²) in [5.74, 6) is 2.46. The zero-order valence-corrected chi connectivity index (χ0v) is 14.1. The molecule has 23 heavy (non-hydrogen) atoms. The van der Waals surface area contributed by atoms with E-state index >= 15 is 0 Å². The van der Waals surface area contributed by atoms with E-state index in [9.17, 15) is 0 Å². The number of fused-ring (bicyclic) bond motifs is 1. The minimum atomic E-state index is 0.774. The van der Waals surface area contributed by atoms with E-state index in [4.69, 9.17) is 14.2 Å². The van der Waals surface area contributed by atoms with E-state index in [2.05, 4.69) is 23.1 Å². The van der Waals surface area contributed by atoms with Gasteiger partial charge >= 0.3 is 0 Å². The number of ether oxygens (including phenoxy) is 3. The normalized spacial score (nSPS) is 13.5. The van der Waals surface area contributed by atoms with Crippen molar-refractivity contribution < 1.29 is 14.2 Å². The number of benzene rings is 2. The van der Waals surface area contributed by atoms with E-state index in [1.54, 1.807) is 21.3 Å². The molecule has 121 valence electrons. The van der Waals surface area contributed by atoms with Gasteiger partial charge in [0, 0.05) is 13.1 Å². The Hall–Kier alpha value is -2.36. The standard InChI is InChI=1S/C19H22NO3/c1-13-5-6-16(17(9-13)21-2)20-8-7-14-10-18(22-3)19(23-4)11-15(14)12-20/h6,9-11H,7-8,12H2,1-4H3. The molecular weight excluding hydrogens is 290 g/mol. The molecule has 1 heterocycles. The van der Waals surface area contributed by atoms with Crippen molar-refractivity contribution in [2.24, 2.45) is 0 Å². The number of hydrogen-bond donors (Lipinski definition) is 0. The Bertz CT molecular complexity index is 712. The van der Waals surface area contributed by atoms with E-state index in [1.165, 1.54) is 11.1 Å². The molecule has 0 spiro atoms. The maximum absolute atomic E-state index is 5.54. The fourth-order valence-electron chi connectivity index (χ4n) is 3.07. The van der Waals surface area contributed by atoms with Crippen molar-refractivity contribution in [3.63, 3.8) is 0 Å². The van der Waals surface area contributed by atoms with Gasteiger partial charge < -0.3 is 19.1 Å². The van der Waals surface area contributed by atoms with Crippen LogP contribution in [0.15, 0.2) is 24.3 Å². The van der Waals surface area contributed by atoms with Crippen molar-refractivity contribution in [2.75, 3.05) is 32.8 Å². The Balaban J connectivity index is 1.94. The van der Waals surface area contributed by atoms with Gasteiger partial charge in [-0.25, -0.2) is 0 Å².